The van der Waals surface area contributed by atoms with Gasteiger partial charge in [0.15, 0.2) is 0 Å². The second-order valence-electron chi connectivity index (χ2n) is 4.13. The molecule has 2 rings (SSSR count). The number of alkyl halides is 2. The Bertz CT molecular complexity index is 204. The first kappa shape index (κ1) is 9.34. The summed E-state index contributed by atoms with van der Waals surface area (Å²) in [6.07, 6.45) is 1.47. The summed E-state index contributed by atoms with van der Waals surface area (Å²) < 4.78 is 31.4. The van der Waals surface area contributed by atoms with Crippen LogP contribution in [0.2, 0.25) is 0 Å². The van der Waals surface area contributed by atoms with Crippen molar-refractivity contribution in [3.05, 3.63) is 0 Å². The first-order valence-corrected chi connectivity index (χ1v) is 4.78. The molecule has 0 aromatic heterocycles. The fraction of sp³-hybridized carbons (Fsp3) is 1.00. The summed E-state index contributed by atoms with van der Waals surface area (Å²) >= 11 is 0. The monoisotopic (exact) mass is 191 g/mol. The average Bonchev–Trinajstić information content (AvgIpc) is 2.72. The van der Waals surface area contributed by atoms with E-state index in [0.29, 0.717) is 13.2 Å². The fourth-order valence-corrected chi connectivity index (χ4v) is 2.43. The molecule has 2 N–H and O–H groups in total. The highest BCUT2D eigenvalue weighted by Gasteiger charge is 2.72. The predicted molar refractivity (Wildman–Crippen MR) is 44.6 cm³/mol. The average molecular weight is 191 g/mol. The topological polar surface area (TPSA) is 35.2 Å². The molecule has 1 saturated heterocycles. The van der Waals surface area contributed by atoms with Crippen molar-refractivity contribution in [2.75, 3.05) is 19.8 Å². The van der Waals surface area contributed by atoms with Crippen molar-refractivity contribution in [1.29, 1.82) is 0 Å². The minimum atomic E-state index is -2.51. The minimum Gasteiger partial charge on any atom is -0.381 e. The van der Waals surface area contributed by atoms with Gasteiger partial charge in [0, 0.05) is 26.2 Å². The molecule has 76 valence electrons. The molecular formula is C9H15F2NO. The largest absolute Gasteiger partial charge is 0.381 e. The van der Waals surface area contributed by atoms with E-state index in [4.69, 9.17) is 10.5 Å². The van der Waals surface area contributed by atoms with E-state index in [-0.39, 0.29) is 18.9 Å². The van der Waals surface area contributed by atoms with E-state index in [9.17, 15) is 8.78 Å². The van der Waals surface area contributed by atoms with E-state index in [1.165, 1.54) is 0 Å². The van der Waals surface area contributed by atoms with Gasteiger partial charge in [-0.2, -0.15) is 0 Å². The van der Waals surface area contributed by atoms with Crippen LogP contribution in [-0.4, -0.2) is 25.7 Å². The molecule has 13 heavy (non-hydrogen) atoms. The summed E-state index contributed by atoms with van der Waals surface area (Å²) in [6.45, 7) is 1.34. The molecule has 2 fully saturated rings. The SMILES string of the molecule is NCC1(C2CCOCC2)CC1(F)F. The number of hydrogen-bond acceptors (Lipinski definition) is 2. The Morgan fingerprint density at radius 1 is 1.31 bits per heavy atom. The maximum absolute atomic E-state index is 13.1. The molecule has 0 spiro atoms. The Morgan fingerprint density at radius 2 is 1.85 bits per heavy atom. The molecule has 1 atom stereocenters. The Hall–Kier alpha value is -0.220. The van der Waals surface area contributed by atoms with Crippen molar-refractivity contribution in [3.8, 4) is 0 Å². The van der Waals surface area contributed by atoms with Gasteiger partial charge in [-0.1, -0.05) is 0 Å². The molecule has 2 nitrogen and oxygen atoms in total. The van der Waals surface area contributed by atoms with Gasteiger partial charge in [0.05, 0.1) is 5.41 Å². The molecular weight excluding hydrogens is 176 g/mol. The van der Waals surface area contributed by atoms with Gasteiger partial charge in [-0.15, -0.1) is 0 Å². The van der Waals surface area contributed by atoms with E-state index in [1.54, 1.807) is 0 Å². The van der Waals surface area contributed by atoms with Gasteiger partial charge in [-0.05, 0) is 18.8 Å². The van der Waals surface area contributed by atoms with Gasteiger partial charge in [-0.25, -0.2) is 8.78 Å². The van der Waals surface area contributed by atoms with Crippen molar-refractivity contribution in [1.82, 2.24) is 0 Å². The standard InChI is InChI=1S/C9H15F2NO/c10-9(11)5-8(9,6-12)7-1-3-13-4-2-7/h7H,1-6,12H2. The smallest absolute Gasteiger partial charge is 0.256 e. The van der Waals surface area contributed by atoms with Crippen molar-refractivity contribution >= 4 is 0 Å². The number of rotatable bonds is 2. The second-order valence-corrected chi connectivity index (χ2v) is 4.13. The van der Waals surface area contributed by atoms with Crippen LogP contribution in [0.4, 0.5) is 8.78 Å². The zero-order valence-electron chi connectivity index (χ0n) is 7.56. The maximum atomic E-state index is 13.1. The van der Waals surface area contributed by atoms with E-state index in [2.05, 4.69) is 0 Å². The summed E-state index contributed by atoms with van der Waals surface area (Å²) in [5.74, 6) is -2.44. The zero-order valence-corrected chi connectivity index (χ0v) is 7.56. The molecule has 0 amide bonds. The Kier molecular flexibility index (Phi) is 2.07. The molecule has 1 heterocycles. The van der Waals surface area contributed by atoms with Crippen LogP contribution in [0.5, 0.6) is 0 Å². The van der Waals surface area contributed by atoms with Crippen LogP contribution in [0.3, 0.4) is 0 Å². The molecule has 0 radical (unpaired) electrons. The van der Waals surface area contributed by atoms with E-state index in [1.807, 2.05) is 0 Å². The van der Waals surface area contributed by atoms with Crippen molar-refractivity contribution in [2.45, 2.75) is 25.2 Å². The summed E-state index contributed by atoms with van der Waals surface area (Å²) in [4.78, 5) is 0. The van der Waals surface area contributed by atoms with Gasteiger partial charge in [0.25, 0.3) is 5.92 Å². The van der Waals surface area contributed by atoms with E-state index in [0.717, 1.165) is 12.8 Å². The fourth-order valence-electron chi connectivity index (χ4n) is 2.43. The highest BCUT2D eigenvalue weighted by molar-refractivity contribution is 5.14. The molecule has 1 aliphatic carbocycles. The van der Waals surface area contributed by atoms with Gasteiger partial charge >= 0.3 is 0 Å². The molecule has 0 aromatic carbocycles. The van der Waals surface area contributed by atoms with E-state index < -0.39 is 11.3 Å². The summed E-state index contributed by atoms with van der Waals surface area (Å²) in [6, 6.07) is 0. The van der Waals surface area contributed by atoms with Crippen LogP contribution >= 0.6 is 0 Å². The molecule has 2 aliphatic rings. The second kappa shape index (κ2) is 2.89. The van der Waals surface area contributed by atoms with Crippen LogP contribution in [0, 0.1) is 11.3 Å². The summed E-state index contributed by atoms with van der Waals surface area (Å²) in [7, 11) is 0. The van der Waals surface area contributed by atoms with Crippen LogP contribution in [0.15, 0.2) is 0 Å². The summed E-state index contributed by atoms with van der Waals surface area (Å²) in [5.41, 5.74) is 4.58. The highest BCUT2D eigenvalue weighted by atomic mass is 19.3. The third-order valence-electron chi connectivity index (χ3n) is 3.51. The molecule has 0 bridgehead atoms. The van der Waals surface area contributed by atoms with Crippen LogP contribution < -0.4 is 5.73 Å². The van der Waals surface area contributed by atoms with Gasteiger partial charge < -0.3 is 10.5 Å². The number of ether oxygens (including phenoxy) is 1. The van der Waals surface area contributed by atoms with Crippen molar-refractivity contribution in [3.63, 3.8) is 0 Å². The molecule has 1 saturated carbocycles. The first-order valence-electron chi connectivity index (χ1n) is 4.78. The lowest BCUT2D eigenvalue weighted by molar-refractivity contribution is -0.00674. The predicted octanol–water partition coefficient (Wildman–Crippen LogP) is 1.40. The third-order valence-corrected chi connectivity index (χ3v) is 3.51. The first-order chi connectivity index (χ1) is 6.12. The Labute approximate surface area is 76.4 Å². The van der Waals surface area contributed by atoms with Gasteiger partial charge in [0.1, 0.15) is 0 Å². The van der Waals surface area contributed by atoms with Crippen LogP contribution in [0.25, 0.3) is 0 Å². The number of hydrogen-bond donors (Lipinski definition) is 1. The zero-order chi connectivity index (χ0) is 9.53. The van der Waals surface area contributed by atoms with Crippen LogP contribution in [-0.2, 0) is 4.74 Å². The molecule has 1 unspecified atom stereocenters. The van der Waals surface area contributed by atoms with Crippen LogP contribution in [0.1, 0.15) is 19.3 Å². The number of halogens is 2. The normalized spacial score (nSPS) is 39.0. The highest BCUT2D eigenvalue weighted by Crippen LogP contribution is 2.65. The summed E-state index contributed by atoms with van der Waals surface area (Å²) in [5, 5.41) is 0. The van der Waals surface area contributed by atoms with E-state index >= 15 is 0 Å². The molecule has 0 aromatic rings. The molecule has 1 aliphatic heterocycles. The maximum Gasteiger partial charge on any atom is 0.256 e. The lowest BCUT2D eigenvalue weighted by Crippen LogP contribution is -2.34. The van der Waals surface area contributed by atoms with Crippen molar-refractivity contribution < 1.29 is 13.5 Å². The Morgan fingerprint density at radius 3 is 2.23 bits per heavy atom. The van der Waals surface area contributed by atoms with Crippen molar-refractivity contribution in [2.24, 2.45) is 17.1 Å². The number of nitrogens with two attached hydrogens (primary N) is 1. The lowest BCUT2D eigenvalue weighted by Gasteiger charge is -2.29. The third kappa shape index (κ3) is 1.27. The lowest BCUT2D eigenvalue weighted by atomic mass is 9.82. The molecule has 4 heteroatoms. The van der Waals surface area contributed by atoms with Gasteiger partial charge in [-0.3, -0.25) is 0 Å². The van der Waals surface area contributed by atoms with Gasteiger partial charge in [0.2, 0.25) is 0 Å². The Balaban J connectivity index is 2.05. The quantitative estimate of drug-likeness (QED) is 0.716. The minimum absolute atomic E-state index is 0.0127.